The summed E-state index contributed by atoms with van der Waals surface area (Å²) >= 11 is 0. The summed E-state index contributed by atoms with van der Waals surface area (Å²) in [7, 11) is -4.32. The van der Waals surface area contributed by atoms with Gasteiger partial charge in [-0.3, -0.25) is 9.52 Å². The van der Waals surface area contributed by atoms with Gasteiger partial charge in [-0.1, -0.05) is 24.3 Å². The van der Waals surface area contributed by atoms with E-state index in [1.54, 1.807) is 0 Å². The van der Waals surface area contributed by atoms with Crippen LogP contribution in [0.2, 0.25) is 0 Å². The largest absolute Gasteiger partial charge is 0.418 e. The molecule has 0 atom stereocenters. The van der Waals surface area contributed by atoms with Crippen LogP contribution < -0.4 is 10.0 Å². The third-order valence-corrected chi connectivity index (χ3v) is 5.40. The molecule has 30 heavy (non-hydrogen) atoms. The topological polar surface area (TPSA) is 75.3 Å². The van der Waals surface area contributed by atoms with Gasteiger partial charge >= 0.3 is 6.18 Å². The highest BCUT2D eigenvalue weighted by Crippen LogP contribution is 2.35. The van der Waals surface area contributed by atoms with Gasteiger partial charge in [0.25, 0.3) is 15.9 Å². The summed E-state index contributed by atoms with van der Waals surface area (Å²) in [5, 5.41) is 2.41. The molecule has 0 aliphatic rings. The highest BCUT2D eigenvalue weighted by Gasteiger charge is 2.34. The maximum Gasteiger partial charge on any atom is 0.418 e. The molecule has 0 aliphatic heterocycles. The number of carbonyl (C=O) groups is 1. The quantitative estimate of drug-likeness (QED) is 0.557. The number of amides is 1. The molecule has 0 bridgehead atoms. The normalized spacial score (nSPS) is 11.7. The molecule has 1 amide bonds. The number of nitrogens with one attached hydrogen (secondary N) is 2. The lowest BCUT2D eigenvalue weighted by atomic mass is 10.2. The molecule has 5 nitrogen and oxygen atoms in total. The molecule has 10 heteroatoms. The number of para-hydroxylation sites is 1. The van der Waals surface area contributed by atoms with E-state index >= 15 is 0 Å². The summed E-state index contributed by atoms with van der Waals surface area (Å²) in [4.78, 5) is 11.8. The van der Waals surface area contributed by atoms with Gasteiger partial charge in [-0.25, -0.2) is 12.8 Å². The Kier molecular flexibility index (Phi) is 5.79. The summed E-state index contributed by atoms with van der Waals surface area (Å²) in [5.74, 6) is -1.46. The number of carbonyl (C=O) groups excluding carboxylic acids is 1. The molecule has 0 radical (unpaired) electrons. The molecule has 3 aromatic carbocycles. The zero-order valence-corrected chi connectivity index (χ0v) is 15.9. The number of hydrogen-bond donors (Lipinski definition) is 2. The number of sulfonamides is 1. The van der Waals surface area contributed by atoms with Gasteiger partial charge in [0.1, 0.15) is 5.82 Å². The fraction of sp³-hybridized carbons (Fsp3) is 0.0500. The van der Waals surface area contributed by atoms with Crippen LogP contribution in [0.25, 0.3) is 0 Å². The van der Waals surface area contributed by atoms with Crippen LogP contribution in [0.5, 0.6) is 0 Å². The minimum atomic E-state index is -4.74. The van der Waals surface area contributed by atoms with E-state index in [4.69, 9.17) is 0 Å². The third kappa shape index (κ3) is 4.77. The van der Waals surface area contributed by atoms with E-state index in [9.17, 15) is 30.8 Å². The van der Waals surface area contributed by atoms with E-state index in [1.807, 2.05) is 4.72 Å². The van der Waals surface area contributed by atoms with Gasteiger partial charge in [-0.05, 0) is 48.5 Å². The van der Waals surface area contributed by atoms with Gasteiger partial charge in [0.15, 0.2) is 0 Å². The summed E-state index contributed by atoms with van der Waals surface area (Å²) in [5.41, 5.74) is -1.75. The van der Waals surface area contributed by atoms with Gasteiger partial charge < -0.3 is 5.32 Å². The predicted molar refractivity (Wildman–Crippen MR) is 103 cm³/mol. The number of benzene rings is 3. The van der Waals surface area contributed by atoms with Crippen molar-refractivity contribution in [3.05, 3.63) is 89.7 Å². The Balaban J connectivity index is 1.79. The van der Waals surface area contributed by atoms with E-state index in [1.165, 1.54) is 36.4 Å². The van der Waals surface area contributed by atoms with Crippen molar-refractivity contribution >= 4 is 27.3 Å². The minimum absolute atomic E-state index is 0.179. The summed E-state index contributed by atoms with van der Waals surface area (Å²) < 4.78 is 79.7. The van der Waals surface area contributed by atoms with Crippen molar-refractivity contribution in [3.63, 3.8) is 0 Å². The Morgan fingerprint density at radius 2 is 1.43 bits per heavy atom. The monoisotopic (exact) mass is 438 g/mol. The lowest BCUT2D eigenvalue weighted by Crippen LogP contribution is -2.17. The van der Waals surface area contributed by atoms with Crippen molar-refractivity contribution in [2.24, 2.45) is 0 Å². The summed E-state index contributed by atoms with van der Waals surface area (Å²) in [6.07, 6.45) is -4.74. The van der Waals surface area contributed by atoms with Crippen LogP contribution in [-0.2, 0) is 16.2 Å². The number of rotatable bonds is 5. The Bertz CT molecular complexity index is 1180. The Labute approximate surface area is 169 Å². The van der Waals surface area contributed by atoms with E-state index in [2.05, 4.69) is 5.32 Å². The molecule has 156 valence electrons. The van der Waals surface area contributed by atoms with Crippen LogP contribution in [0.15, 0.2) is 77.7 Å². The second-order valence-electron chi connectivity index (χ2n) is 6.11. The number of halogens is 4. The zero-order valence-electron chi connectivity index (χ0n) is 15.1. The van der Waals surface area contributed by atoms with Crippen LogP contribution >= 0.6 is 0 Å². The molecule has 0 spiro atoms. The van der Waals surface area contributed by atoms with Gasteiger partial charge in [-0.2, -0.15) is 13.2 Å². The van der Waals surface area contributed by atoms with Gasteiger partial charge in [0.05, 0.1) is 21.7 Å². The van der Waals surface area contributed by atoms with Crippen LogP contribution in [0, 0.1) is 5.82 Å². The molecule has 0 heterocycles. The molecular weight excluding hydrogens is 424 g/mol. The molecule has 0 aromatic heterocycles. The number of hydrogen-bond acceptors (Lipinski definition) is 3. The second-order valence-corrected chi connectivity index (χ2v) is 7.79. The van der Waals surface area contributed by atoms with Crippen LogP contribution in [0.3, 0.4) is 0 Å². The van der Waals surface area contributed by atoms with Crippen LogP contribution in [0.4, 0.5) is 28.9 Å². The molecule has 0 saturated heterocycles. The van der Waals surface area contributed by atoms with Crippen molar-refractivity contribution in [2.45, 2.75) is 11.1 Å². The fourth-order valence-electron chi connectivity index (χ4n) is 2.58. The molecule has 3 rings (SSSR count). The van der Waals surface area contributed by atoms with Gasteiger partial charge in [-0.15, -0.1) is 0 Å². The summed E-state index contributed by atoms with van der Waals surface area (Å²) in [6, 6.07) is 14.2. The highest BCUT2D eigenvalue weighted by atomic mass is 32.2. The van der Waals surface area contributed by atoms with Gasteiger partial charge in [0.2, 0.25) is 0 Å². The first-order chi connectivity index (χ1) is 14.1. The fourth-order valence-corrected chi connectivity index (χ4v) is 3.66. The van der Waals surface area contributed by atoms with Crippen molar-refractivity contribution in [1.82, 2.24) is 0 Å². The standard InChI is InChI=1S/C20H14F4N2O3S/c21-17-7-3-1-5-15(17)19(27)25-13-9-11-14(12-10-13)30(28,29)26-18-8-4-2-6-16(18)20(22,23)24/h1-12,26H,(H,25,27). The first kappa shape index (κ1) is 21.3. The first-order valence-corrected chi connectivity index (χ1v) is 9.91. The molecule has 3 aromatic rings. The van der Waals surface area contributed by atoms with E-state index < -0.39 is 39.2 Å². The molecule has 0 saturated carbocycles. The van der Waals surface area contributed by atoms with E-state index in [-0.39, 0.29) is 16.1 Å². The first-order valence-electron chi connectivity index (χ1n) is 8.43. The lowest BCUT2D eigenvalue weighted by molar-refractivity contribution is -0.136. The molecule has 0 aliphatic carbocycles. The SMILES string of the molecule is O=C(Nc1ccc(S(=O)(=O)Nc2ccccc2C(F)(F)F)cc1)c1ccccc1F. The molecule has 2 N–H and O–H groups in total. The number of alkyl halides is 3. The maximum atomic E-state index is 13.7. The van der Waals surface area contributed by atoms with Gasteiger partial charge in [0, 0.05) is 5.69 Å². The van der Waals surface area contributed by atoms with Crippen molar-refractivity contribution < 1.29 is 30.8 Å². The van der Waals surface area contributed by atoms with Crippen molar-refractivity contribution in [2.75, 3.05) is 10.0 Å². The van der Waals surface area contributed by atoms with E-state index in [0.29, 0.717) is 0 Å². The van der Waals surface area contributed by atoms with Crippen LogP contribution in [0.1, 0.15) is 15.9 Å². The maximum absolute atomic E-state index is 13.7. The Morgan fingerprint density at radius 3 is 2.07 bits per heavy atom. The van der Waals surface area contributed by atoms with E-state index in [0.717, 1.165) is 36.4 Å². The predicted octanol–water partition coefficient (Wildman–Crippen LogP) is 4.90. The minimum Gasteiger partial charge on any atom is -0.322 e. The van der Waals surface area contributed by atoms with Crippen molar-refractivity contribution in [3.8, 4) is 0 Å². The number of anilines is 2. The lowest BCUT2D eigenvalue weighted by Gasteiger charge is -2.15. The van der Waals surface area contributed by atoms with Crippen LogP contribution in [-0.4, -0.2) is 14.3 Å². The Morgan fingerprint density at radius 1 is 0.833 bits per heavy atom. The highest BCUT2D eigenvalue weighted by molar-refractivity contribution is 7.92. The van der Waals surface area contributed by atoms with Crippen molar-refractivity contribution in [1.29, 1.82) is 0 Å². The summed E-state index contributed by atoms with van der Waals surface area (Å²) in [6.45, 7) is 0. The molecule has 0 unspecified atom stereocenters. The molecular formula is C20H14F4N2O3S. The molecule has 0 fully saturated rings. The average molecular weight is 438 g/mol. The zero-order chi connectivity index (χ0) is 21.9. The average Bonchev–Trinajstić information content (AvgIpc) is 2.68. The Hall–Kier alpha value is -3.40. The third-order valence-electron chi connectivity index (χ3n) is 4.02. The smallest absolute Gasteiger partial charge is 0.322 e. The second kappa shape index (κ2) is 8.15.